The van der Waals surface area contributed by atoms with E-state index >= 15 is 0 Å². The maximum Gasteiger partial charge on any atom is 0.264 e. The summed E-state index contributed by atoms with van der Waals surface area (Å²) in [4.78, 5) is 40.0. The summed E-state index contributed by atoms with van der Waals surface area (Å²) in [6.07, 6.45) is 7.92. The Morgan fingerprint density at radius 2 is 1.73 bits per heavy atom. The molecule has 0 spiro atoms. The van der Waals surface area contributed by atoms with Crippen LogP contribution in [0, 0.1) is 5.92 Å². The minimum absolute atomic E-state index is 0.0428. The van der Waals surface area contributed by atoms with E-state index in [9.17, 15) is 18.0 Å². The van der Waals surface area contributed by atoms with Crippen molar-refractivity contribution in [2.75, 3.05) is 6.61 Å². The summed E-state index contributed by atoms with van der Waals surface area (Å²) < 4.78 is 35.4. The lowest BCUT2D eigenvalue weighted by Gasteiger charge is -2.16. The van der Waals surface area contributed by atoms with Gasteiger partial charge >= 0.3 is 0 Å². The number of rotatable bonds is 13. The molecule has 2 heterocycles. The van der Waals surface area contributed by atoms with Crippen LogP contribution < -0.4 is 15.0 Å². The summed E-state index contributed by atoms with van der Waals surface area (Å²) in [6, 6.07) is 14.1. The van der Waals surface area contributed by atoms with Crippen molar-refractivity contribution in [3.05, 3.63) is 93.9 Å². The van der Waals surface area contributed by atoms with Gasteiger partial charge in [-0.2, -0.15) is 0 Å². The molecule has 0 bridgehead atoms. The highest BCUT2D eigenvalue weighted by Crippen LogP contribution is 2.31. The monoisotopic (exact) mass is 615 g/mol. The van der Waals surface area contributed by atoms with Gasteiger partial charge in [-0.05, 0) is 49.8 Å². The molecule has 0 saturated heterocycles. The molecule has 230 valence electrons. The fourth-order valence-electron chi connectivity index (χ4n) is 5.05. The van der Waals surface area contributed by atoms with Gasteiger partial charge in [0.2, 0.25) is 11.9 Å². The highest BCUT2D eigenvalue weighted by Gasteiger charge is 2.33. The first-order valence-electron chi connectivity index (χ1n) is 15.1. The zero-order valence-electron chi connectivity index (χ0n) is 25.2. The second-order valence-corrected chi connectivity index (χ2v) is 12.5. The number of sulfonamides is 1. The summed E-state index contributed by atoms with van der Waals surface area (Å²) in [5, 5.41) is 0. The number of amides is 1. The molecule has 1 fully saturated rings. The Bertz CT molecular complexity index is 1800. The third-order valence-electron chi connectivity index (χ3n) is 7.55. The predicted octanol–water partition coefficient (Wildman–Crippen LogP) is 4.80. The Morgan fingerprint density at radius 3 is 2.36 bits per heavy atom. The molecule has 11 heteroatoms. The van der Waals surface area contributed by atoms with Crippen LogP contribution >= 0.6 is 0 Å². The first kappa shape index (κ1) is 31.1. The van der Waals surface area contributed by atoms with Gasteiger partial charge in [-0.3, -0.25) is 9.59 Å². The van der Waals surface area contributed by atoms with E-state index in [2.05, 4.69) is 21.6 Å². The lowest BCUT2D eigenvalue weighted by Crippen LogP contribution is -2.32. The van der Waals surface area contributed by atoms with Crippen molar-refractivity contribution in [1.29, 1.82) is 0 Å². The predicted molar refractivity (Wildman–Crippen MR) is 167 cm³/mol. The van der Waals surface area contributed by atoms with Crippen LogP contribution in [0.1, 0.15) is 69.1 Å². The highest BCUT2D eigenvalue weighted by atomic mass is 32.2. The number of nitrogens with one attached hydrogen (secondary N) is 1. The molecule has 10 nitrogen and oxygen atoms in total. The third-order valence-corrected chi connectivity index (χ3v) is 8.95. The Morgan fingerprint density at radius 1 is 1.02 bits per heavy atom. The number of aryl methyl sites for hydroxylation is 2. The van der Waals surface area contributed by atoms with Crippen LogP contribution in [-0.4, -0.2) is 40.5 Å². The lowest BCUT2D eigenvalue weighted by molar-refractivity contribution is -0.120. The quantitative estimate of drug-likeness (QED) is 0.227. The second kappa shape index (κ2) is 13.5. The van der Waals surface area contributed by atoms with Crippen LogP contribution in [0.2, 0.25) is 0 Å². The van der Waals surface area contributed by atoms with E-state index in [4.69, 9.17) is 9.72 Å². The van der Waals surface area contributed by atoms with Gasteiger partial charge in [0.25, 0.3) is 15.6 Å². The number of carbonyl (C=O) groups is 1. The normalized spacial score (nSPS) is 13.1. The van der Waals surface area contributed by atoms with E-state index in [0.29, 0.717) is 67.0 Å². The van der Waals surface area contributed by atoms with Crippen LogP contribution in [0.3, 0.4) is 0 Å². The molecule has 4 aromatic rings. The minimum Gasteiger partial charge on any atom is -0.491 e. The molecule has 0 aliphatic heterocycles. The second-order valence-electron chi connectivity index (χ2n) is 10.8. The number of unbranched alkanes of at least 4 members (excludes halogenated alkanes) is 1. The van der Waals surface area contributed by atoms with E-state index in [0.717, 1.165) is 24.1 Å². The average molecular weight is 616 g/mol. The van der Waals surface area contributed by atoms with Crippen molar-refractivity contribution in [3.63, 3.8) is 0 Å². The number of nitrogens with zero attached hydrogens (tertiary/aromatic N) is 4. The smallest absolute Gasteiger partial charge is 0.264 e. The van der Waals surface area contributed by atoms with Gasteiger partial charge in [-0.15, -0.1) is 0 Å². The lowest BCUT2D eigenvalue weighted by atomic mass is 9.98. The Hall–Kier alpha value is -4.38. The number of hydrogen-bond donors (Lipinski definition) is 1. The molecule has 1 amide bonds. The van der Waals surface area contributed by atoms with Crippen molar-refractivity contribution in [2.24, 2.45) is 5.92 Å². The van der Waals surface area contributed by atoms with Crippen LogP contribution in [0.25, 0.3) is 17.1 Å². The topological polar surface area (TPSA) is 133 Å². The number of carbonyl (C=O) groups excluding carboxylic acids is 1. The fourth-order valence-corrected chi connectivity index (χ4v) is 6.32. The highest BCUT2D eigenvalue weighted by molar-refractivity contribution is 7.90. The van der Waals surface area contributed by atoms with E-state index in [-0.39, 0.29) is 22.3 Å². The Labute approximate surface area is 257 Å². The first-order valence-corrected chi connectivity index (χ1v) is 16.6. The summed E-state index contributed by atoms with van der Waals surface area (Å²) in [5.41, 5.74) is 3.17. The Balaban J connectivity index is 1.48. The van der Waals surface area contributed by atoms with Crippen LogP contribution in [0.5, 0.6) is 5.75 Å². The molecule has 1 aliphatic carbocycles. The number of ether oxygens (including phenoxy) is 1. The largest absolute Gasteiger partial charge is 0.491 e. The third kappa shape index (κ3) is 6.88. The molecule has 5 rings (SSSR count). The number of aromatic nitrogens is 4. The van der Waals surface area contributed by atoms with Crippen LogP contribution in [0.15, 0.2) is 70.6 Å². The number of benzene rings is 2. The van der Waals surface area contributed by atoms with E-state index < -0.39 is 15.9 Å². The van der Waals surface area contributed by atoms with Gasteiger partial charge < -0.3 is 4.74 Å². The molecule has 0 unspecified atom stereocenters. The van der Waals surface area contributed by atoms with Crippen molar-refractivity contribution in [3.8, 4) is 22.8 Å². The molecule has 2 aromatic heterocycles. The van der Waals surface area contributed by atoms with Gasteiger partial charge in [-0.25, -0.2) is 32.7 Å². The van der Waals surface area contributed by atoms with E-state index in [1.165, 1.54) is 10.6 Å². The zero-order chi connectivity index (χ0) is 31.3. The van der Waals surface area contributed by atoms with Gasteiger partial charge in [0.1, 0.15) is 5.82 Å². The molecule has 1 N–H and O–H groups in total. The molecular formula is C33H37N5O5S. The maximum absolute atomic E-state index is 14.0. The maximum atomic E-state index is 14.0. The SMILES string of the molecule is CCCCc1nc(CC)n(-c2ncc(OCC)cn2)c(=O)c1Cc1ccc(-c2ccccc2S(=O)(=O)NC(=O)C2CC2)cc1. The van der Waals surface area contributed by atoms with Crippen LogP contribution in [0.4, 0.5) is 0 Å². The zero-order valence-corrected chi connectivity index (χ0v) is 26.1. The molecule has 0 atom stereocenters. The van der Waals surface area contributed by atoms with Crippen LogP contribution in [-0.2, 0) is 34.1 Å². The number of hydrogen-bond acceptors (Lipinski definition) is 8. The standard InChI is InChI=1S/C33H37N5O5S/c1-4-7-11-28-27(32(40)38(30(5-2)36-28)33-34-20-25(21-35-33)43-6-3)19-22-13-15-23(16-14-22)26-10-8-9-12-29(26)44(41,42)37-31(39)24-17-18-24/h8-10,12-16,20-21,24H,4-7,11,17-19H2,1-3H3,(H,37,39). The van der Waals surface area contributed by atoms with Crippen molar-refractivity contribution in [2.45, 2.75) is 70.6 Å². The molecule has 1 aliphatic rings. The van der Waals surface area contributed by atoms with E-state index in [1.54, 1.807) is 30.6 Å². The van der Waals surface area contributed by atoms with Gasteiger partial charge in [0, 0.05) is 29.9 Å². The molecule has 44 heavy (non-hydrogen) atoms. The average Bonchev–Trinajstić information content (AvgIpc) is 3.88. The molecule has 1 saturated carbocycles. The molecule has 0 radical (unpaired) electrons. The minimum atomic E-state index is -4.04. The van der Waals surface area contributed by atoms with E-state index in [1.807, 2.05) is 38.1 Å². The summed E-state index contributed by atoms with van der Waals surface area (Å²) in [6.45, 7) is 6.41. The molecule has 2 aromatic carbocycles. The summed E-state index contributed by atoms with van der Waals surface area (Å²) in [7, 11) is -4.04. The van der Waals surface area contributed by atoms with Crippen molar-refractivity contribution < 1.29 is 17.9 Å². The Kier molecular flexibility index (Phi) is 9.53. The van der Waals surface area contributed by atoms with Crippen molar-refractivity contribution in [1.82, 2.24) is 24.2 Å². The summed E-state index contributed by atoms with van der Waals surface area (Å²) >= 11 is 0. The van der Waals surface area contributed by atoms with Crippen molar-refractivity contribution >= 4 is 15.9 Å². The molecular weight excluding hydrogens is 578 g/mol. The summed E-state index contributed by atoms with van der Waals surface area (Å²) in [5.74, 6) is 0.668. The van der Waals surface area contributed by atoms with Gasteiger partial charge in [0.15, 0.2) is 5.75 Å². The first-order chi connectivity index (χ1) is 21.2. The fraction of sp³-hybridized carbons (Fsp3) is 0.364. The van der Waals surface area contributed by atoms with Gasteiger partial charge in [0.05, 0.1) is 29.6 Å². The van der Waals surface area contributed by atoms with Gasteiger partial charge in [-0.1, -0.05) is 62.7 Å².